The molecule has 0 saturated carbocycles. The lowest BCUT2D eigenvalue weighted by atomic mass is 9.97. The third-order valence-electron chi connectivity index (χ3n) is 4.72. The molecule has 1 saturated heterocycles. The Hall–Kier alpha value is -0.930. The van der Waals surface area contributed by atoms with Gasteiger partial charge in [0.1, 0.15) is 5.82 Å². The van der Waals surface area contributed by atoms with E-state index in [2.05, 4.69) is 20.5 Å². The molecule has 1 aromatic carbocycles. The first-order chi connectivity index (χ1) is 12.2. The lowest BCUT2D eigenvalue weighted by Crippen LogP contribution is -2.43. The molecule has 2 N–H and O–H groups in total. The van der Waals surface area contributed by atoms with Gasteiger partial charge in [0, 0.05) is 33.8 Å². The summed E-state index contributed by atoms with van der Waals surface area (Å²) in [5.41, 5.74) is 1.12. The number of rotatable bonds is 8. The Labute approximate surface area is 173 Å². The zero-order valence-corrected chi connectivity index (χ0v) is 18.2. The number of methoxy groups -OCH3 is 1. The molecule has 0 atom stereocenters. The van der Waals surface area contributed by atoms with Crippen molar-refractivity contribution in [2.45, 2.75) is 19.3 Å². The molecule has 0 spiro atoms. The summed E-state index contributed by atoms with van der Waals surface area (Å²) in [7, 11) is 3.55. The second-order valence-electron chi connectivity index (χ2n) is 6.53. The molecule has 0 aliphatic carbocycles. The molecule has 148 valence electrons. The zero-order valence-electron chi connectivity index (χ0n) is 15.8. The number of likely N-dealkylation sites (tertiary alicyclic amines) is 1. The van der Waals surface area contributed by atoms with Crippen LogP contribution in [0.2, 0.25) is 0 Å². The van der Waals surface area contributed by atoms with Crippen LogP contribution in [-0.2, 0) is 11.2 Å². The third-order valence-corrected chi connectivity index (χ3v) is 4.72. The van der Waals surface area contributed by atoms with Crippen molar-refractivity contribution in [1.29, 1.82) is 0 Å². The summed E-state index contributed by atoms with van der Waals surface area (Å²) < 4.78 is 18.0. The fraction of sp³-hybridized carbons (Fsp3) is 0.632. The Morgan fingerprint density at radius 3 is 2.54 bits per heavy atom. The van der Waals surface area contributed by atoms with E-state index in [0.29, 0.717) is 5.92 Å². The molecule has 7 heteroatoms. The zero-order chi connectivity index (χ0) is 17.9. The second kappa shape index (κ2) is 13.3. The van der Waals surface area contributed by atoms with Gasteiger partial charge in [0.05, 0.1) is 6.61 Å². The number of piperidine rings is 1. The quantitative estimate of drug-likeness (QED) is 0.343. The minimum Gasteiger partial charge on any atom is -0.383 e. The minimum atomic E-state index is -0.192. The number of aliphatic imine (C=N–C) groups is 1. The van der Waals surface area contributed by atoms with Crippen LogP contribution in [-0.4, -0.2) is 64.3 Å². The van der Waals surface area contributed by atoms with Crippen LogP contribution in [0.3, 0.4) is 0 Å². The van der Waals surface area contributed by atoms with E-state index in [9.17, 15) is 4.39 Å². The van der Waals surface area contributed by atoms with E-state index in [1.54, 1.807) is 14.2 Å². The fourth-order valence-corrected chi connectivity index (χ4v) is 3.07. The first-order valence-electron chi connectivity index (χ1n) is 9.11. The second-order valence-corrected chi connectivity index (χ2v) is 6.53. The minimum absolute atomic E-state index is 0. The Morgan fingerprint density at radius 2 is 1.92 bits per heavy atom. The van der Waals surface area contributed by atoms with Gasteiger partial charge in [-0.25, -0.2) is 4.39 Å². The maximum atomic E-state index is 12.9. The van der Waals surface area contributed by atoms with Crippen LogP contribution in [0.1, 0.15) is 18.4 Å². The van der Waals surface area contributed by atoms with Crippen molar-refractivity contribution >= 4 is 29.9 Å². The van der Waals surface area contributed by atoms with E-state index in [-0.39, 0.29) is 29.8 Å². The Kier molecular flexibility index (Phi) is 11.8. The van der Waals surface area contributed by atoms with Gasteiger partial charge in [0.15, 0.2) is 5.96 Å². The molecule has 1 heterocycles. The number of halogens is 2. The van der Waals surface area contributed by atoms with Crippen molar-refractivity contribution in [2.75, 3.05) is 53.5 Å². The lowest BCUT2D eigenvalue weighted by molar-refractivity contribution is 0.121. The predicted octanol–water partition coefficient (Wildman–Crippen LogP) is 2.51. The van der Waals surface area contributed by atoms with Crippen LogP contribution in [0.15, 0.2) is 29.3 Å². The standard InChI is InChI=1S/C19H31FN4O.HI/c1-21-19(22-10-7-16-3-5-18(20)6-4-16)23-15-17-8-11-24(12-9-17)13-14-25-2;/h3-6,17H,7-15H2,1-2H3,(H2,21,22,23);1H. The summed E-state index contributed by atoms with van der Waals surface area (Å²) >= 11 is 0. The first kappa shape index (κ1) is 23.1. The summed E-state index contributed by atoms with van der Waals surface area (Å²) in [6.45, 7) is 5.87. The van der Waals surface area contributed by atoms with E-state index >= 15 is 0 Å². The van der Waals surface area contributed by atoms with Crippen molar-refractivity contribution in [3.63, 3.8) is 0 Å². The number of nitrogens with one attached hydrogen (secondary N) is 2. The summed E-state index contributed by atoms with van der Waals surface area (Å²) in [6.07, 6.45) is 3.27. The Bertz CT molecular complexity index is 519. The van der Waals surface area contributed by atoms with Crippen LogP contribution >= 0.6 is 24.0 Å². The van der Waals surface area contributed by atoms with Gasteiger partial charge in [-0.1, -0.05) is 12.1 Å². The van der Waals surface area contributed by atoms with Gasteiger partial charge in [-0.3, -0.25) is 4.99 Å². The molecule has 1 aliphatic rings. The topological polar surface area (TPSA) is 48.9 Å². The highest BCUT2D eigenvalue weighted by atomic mass is 127. The molecule has 0 unspecified atom stereocenters. The molecule has 1 aliphatic heterocycles. The molecule has 1 fully saturated rings. The van der Waals surface area contributed by atoms with Crippen molar-refractivity contribution < 1.29 is 9.13 Å². The summed E-state index contributed by atoms with van der Waals surface area (Å²) in [6, 6.07) is 6.65. The number of benzene rings is 1. The molecule has 0 amide bonds. The van der Waals surface area contributed by atoms with Crippen molar-refractivity contribution in [3.8, 4) is 0 Å². The highest BCUT2D eigenvalue weighted by Crippen LogP contribution is 2.15. The van der Waals surface area contributed by atoms with Crippen molar-refractivity contribution in [1.82, 2.24) is 15.5 Å². The van der Waals surface area contributed by atoms with E-state index in [0.717, 1.165) is 57.3 Å². The van der Waals surface area contributed by atoms with E-state index < -0.39 is 0 Å². The normalized spacial score (nSPS) is 16.2. The maximum absolute atomic E-state index is 12.9. The summed E-state index contributed by atoms with van der Waals surface area (Å²) in [5.74, 6) is 1.33. The number of ether oxygens (including phenoxy) is 1. The SMILES string of the molecule is CN=C(NCCc1ccc(F)cc1)NCC1CCN(CCOC)CC1.I. The van der Waals surface area contributed by atoms with Crippen LogP contribution in [0.25, 0.3) is 0 Å². The molecule has 0 aromatic heterocycles. The third kappa shape index (κ3) is 8.64. The van der Waals surface area contributed by atoms with Crippen LogP contribution < -0.4 is 10.6 Å². The van der Waals surface area contributed by atoms with Crippen LogP contribution in [0.5, 0.6) is 0 Å². The highest BCUT2D eigenvalue weighted by Gasteiger charge is 2.18. The average Bonchev–Trinajstić information content (AvgIpc) is 2.65. The number of hydrogen-bond donors (Lipinski definition) is 2. The van der Waals surface area contributed by atoms with Gasteiger partial charge in [0.2, 0.25) is 0 Å². The van der Waals surface area contributed by atoms with Gasteiger partial charge in [-0.05, 0) is 56.0 Å². The molecule has 2 rings (SSSR count). The van der Waals surface area contributed by atoms with Gasteiger partial charge in [-0.15, -0.1) is 24.0 Å². The number of guanidine groups is 1. The highest BCUT2D eigenvalue weighted by molar-refractivity contribution is 14.0. The average molecular weight is 478 g/mol. The molecular weight excluding hydrogens is 446 g/mol. The molecule has 5 nitrogen and oxygen atoms in total. The van der Waals surface area contributed by atoms with Gasteiger partial charge in [-0.2, -0.15) is 0 Å². The van der Waals surface area contributed by atoms with Gasteiger partial charge in [0.25, 0.3) is 0 Å². The Balaban J connectivity index is 0.00000338. The van der Waals surface area contributed by atoms with E-state index in [1.165, 1.54) is 25.0 Å². The molecular formula is C19H32FIN4O. The molecule has 0 bridgehead atoms. The van der Waals surface area contributed by atoms with E-state index in [1.807, 2.05) is 12.1 Å². The largest absolute Gasteiger partial charge is 0.383 e. The Morgan fingerprint density at radius 1 is 1.23 bits per heavy atom. The predicted molar refractivity (Wildman–Crippen MR) is 116 cm³/mol. The number of nitrogens with zero attached hydrogens (tertiary/aromatic N) is 2. The monoisotopic (exact) mass is 478 g/mol. The number of hydrogen-bond acceptors (Lipinski definition) is 3. The van der Waals surface area contributed by atoms with Crippen LogP contribution in [0.4, 0.5) is 4.39 Å². The van der Waals surface area contributed by atoms with E-state index in [4.69, 9.17) is 4.74 Å². The van der Waals surface area contributed by atoms with Gasteiger partial charge < -0.3 is 20.3 Å². The molecule has 0 radical (unpaired) electrons. The summed E-state index contributed by atoms with van der Waals surface area (Å²) in [4.78, 5) is 6.75. The van der Waals surface area contributed by atoms with Gasteiger partial charge >= 0.3 is 0 Å². The first-order valence-corrected chi connectivity index (χ1v) is 9.11. The molecule has 26 heavy (non-hydrogen) atoms. The van der Waals surface area contributed by atoms with Crippen LogP contribution in [0, 0.1) is 11.7 Å². The molecule has 1 aromatic rings. The van der Waals surface area contributed by atoms with Crippen molar-refractivity contribution in [2.24, 2.45) is 10.9 Å². The smallest absolute Gasteiger partial charge is 0.190 e. The van der Waals surface area contributed by atoms with Crippen molar-refractivity contribution in [3.05, 3.63) is 35.6 Å². The fourth-order valence-electron chi connectivity index (χ4n) is 3.07. The summed E-state index contributed by atoms with van der Waals surface area (Å²) in [5, 5.41) is 6.76. The maximum Gasteiger partial charge on any atom is 0.190 e. The lowest BCUT2D eigenvalue weighted by Gasteiger charge is -2.32.